The van der Waals surface area contributed by atoms with Crippen molar-refractivity contribution in [1.82, 2.24) is 4.90 Å². The summed E-state index contributed by atoms with van der Waals surface area (Å²) in [6.07, 6.45) is 0.702. The Morgan fingerprint density at radius 2 is 1.88 bits per heavy atom. The smallest absolute Gasteiger partial charge is 0.100 e. The number of halogens is 1. The van der Waals surface area contributed by atoms with E-state index in [0.717, 1.165) is 30.8 Å². The van der Waals surface area contributed by atoms with Crippen LogP contribution in [0.25, 0.3) is 0 Å². The molecule has 0 unspecified atom stereocenters. The van der Waals surface area contributed by atoms with Crippen LogP contribution >= 0.6 is 15.9 Å². The van der Waals surface area contributed by atoms with Gasteiger partial charge in [-0.2, -0.15) is 0 Å². The van der Waals surface area contributed by atoms with Crippen molar-refractivity contribution < 1.29 is 4.74 Å². The molecule has 0 saturated carbocycles. The van der Waals surface area contributed by atoms with Crippen LogP contribution < -0.4 is 0 Å². The number of nitrogens with zero attached hydrogens (tertiary/aromatic N) is 1. The van der Waals surface area contributed by atoms with Gasteiger partial charge in [0.2, 0.25) is 0 Å². The van der Waals surface area contributed by atoms with Gasteiger partial charge in [-0.1, -0.05) is 28.1 Å². The largest absolute Gasteiger partial charge is 0.378 e. The van der Waals surface area contributed by atoms with E-state index in [0.29, 0.717) is 12.3 Å². The van der Waals surface area contributed by atoms with Gasteiger partial charge < -0.3 is 9.64 Å². The van der Waals surface area contributed by atoms with Gasteiger partial charge in [0.25, 0.3) is 0 Å². The molecule has 2 rings (SSSR count). The van der Waals surface area contributed by atoms with Gasteiger partial charge in [0.15, 0.2) is 0 Å². The zero-order valence-electron chi connectivity index (χ0n) is 9.08. The number of rotatable bonds is 2. The van der Waals surface area contributed by atoms with Crippen LogP contribution in [0, 0.1) is 5.41 Å². The maximum Gasteiger partial charge on any atom is 0.100 e. The molecular weight excluding hydrogens is 268 g/mol. The van der Waals surface area contributed by atoms with Gasteiger partial charge in [-0.3, -0.25) is 5.41 Å². The second-order valence-corrected chi connectivity index (χ2v) is 4.77. The molecule has 3 nitrogen and oxygen atoms in total. The van der Waals surface area contributed by atoms with Crippen molar-refractivity contribution in [3.8, 4) is 0 Å². The predicted octanol–water partition coefficient (Wildman–Crippen LogP) is 2.30. The van der Waals surface area contributed by atoms with Crippen LogP contribution in [0.5, 0.6) is 0 Å². The lowest BCUT2D eigenvalue weighted by atomic mass is 10.1. The molecule has 0 atom stereocenters. The fraction of sp³-hybridized carbons (Fsp3) is 0.417. The van der Waals surface area contributed by atoms with Gasteiger partial charge in [-0.25, -0.2) is 0 Å². The molecule has 1 aromatic rings. The SMILES string of the molecule is N=C(Cc1ccc(Br)cc1)N1CCOCC1. The second kappa shape index (κ2) is 5.46. The summed E-state index contributed by atoms with van der Waals surface area (Å²) in [5.74, 6) is 0.686. The molecule has 1 saturated heterocycles. The molecular formula is C12H15BrN2O. The van der Waals surface area contributed by atoms with Gasteiger partial charge in [0.05, 0.1) is 13.2 Å². The van der Waals surface area contributed by atoms with Crippen molar-refractivity contribution in [2.75, 3.05) is 26.3 Å². The monoisotopic (exact) mass is 282 g/mol. The summed E-state index contributed by atoms with van der Waals surface area (Å²) < 4.78 is 6.35. The first-order chi connectivity index (χ1) is 7.75. The first-order valence-corrected chi connectivity index (χ1v) is 6.19. The van der Waals surface area contributed by atoms with Crippen LogP contribution in [0.3, 0.4) is 0 Å². The highest BCUT2D eigenvalue weighted by atomic mass is 79.9. The summed E-state index contributed by atoms with van der Waals surface area (Å²) in [7, 11) is 0. The van der Waals surface area contributed by atoms with E-state index in [2.05, 4.69) is 33.0 Å². The van der Waals surface area contributed by atoms with Crippen LogP contribution in [0.15, 0.2) is 28.7 Å². The third-order valence-electron chi connectivity index (χ3n) is 2.68. The highest BCUT2D eigenvalue weighted by Crippen LogP contribution is 2.12. The Hall–Kier alpha value is -0.870. The van der Waals surface area contributed by atoms with Crippen molar-refractivity contribution in [1.29, 1.82) is 5.41 Å². The number of amidine groups is 1. The molecule has 1 heterocycles. The second-order valence-electron chi connectivity index (χ2n) is 3.85. The van der Waals surface area contributed by atoms with Crippen LogP contribution in [0.1, 0.15) is 5.56 Å². The Morgan fingerprint density at radius 3 is 2.50 bits per heavy atom. The van der Waals surface area contributed by atoms with E-state index in [1.165, 1.54) is 5.56 Å². The normalized spacial score (nSPS) is 16.2. The quantitative estimate of drug-likeness (QED) is 0.668. The average molecular weight is 283 g/mol. The van der Waals surface area contributed by atoms with E-state index in [9.17, 15) is 0 Å². The molecule has 4 heteroatoms. The Morgan fingerprint density at radius 1 is 1.25 bits per heavy atom. The molecule has 1 aliphatic heterocycles. The number of hydrogen-bond acceptors (Lipinski definition) is 2. The molecule has 16 heavy (non-hydrogen) atoms. The van der Waals surface area contributed by atoms with Crippen LogP contribution in [-0.4, -0.2) is 37.0 Å². The van der Waals surface area contributed by atoms with E-state index in [1.54, 1.807) is 0 Å². The van der Waals surface area contributed by atoms with E-state index in [-0.39, 0.29) is 0 Å². The summed E-state index contributed by atoms with van der Waals surface area (Å²) in [5, 5.41) is 8.03. The number of morpholine rings is 1. The highest BCUT2D eigenvalue weighted by Gasteiger charge is 2.13. The standard InChI is InChI=1S/C12H15BrN2O/c13-11-3-1-10(2-4-11)9-12(14)15-5-7-16-8-6-15/h1-4,14H,5-9H2. The Balaban J connectivity index is 1.93. The summed E-state index contributed by atoms with van der Waals surface area (Å²) >= 11 is 3.41. The zero-order chi connectivity index (χ0) is 11.4. The minimum Gasteiger partial charge on any atom is -0.378 e. The summed E-state index contributed by atoms with van der Waals surface area (Å²) in [4.78, 5) is 2.09. The third kappa shape index (κ3) is 3.06. The molecule has 1 fully saturated rings. The van der Waals surface area contributed by atoms with Crippen LogP contribution in [-0.2, 0) is 11.2 Å². The van der Waals surface area contributed by atoms with E-state index >= 15 is 0 Å². The zero-order valence-corrected chi connectivity index (χ0v) is 10.7. The maximum absolute atomic E-state index is 8.03. The van der Waals surface area contributed by atoms with E-state index in [4.69, 9.17) is 10.1 Å². The third-order valence-corrected chi connectivity index (χ3v) is 3.21. The van der Waals surface area contributed by atoms with Crippen molar-refractivity contribution in [2.45, 2.75) is 6.42 Å². The van der Waals surface area contributed by atoms with Gasteiger partial charge in [-0.05, 0) is 17.7 Å². The Bertz CT molecular complexity index is 358. The molecule has 0 aliphatic carbocycles. The topological polar surface area (TPSA) is 36.3 Å². The molecule has 0 aromatic heterocycles. The van der Waals surface area contributed by atoms with Crippen molar-refractivity contribution >= 4 is 21.8 Å². The maximum atomic E-state index is 8.03. The first kappa shape index (κ1) is 11.6. The van der Waals surface area contributed by atoms with Crippen LogP contribution in [0.2, 0.25) is 0 Å². The molecule has 86 valence electrons. The molecule has 0 bridgehead atoms. The van der Waals surface area contributed by atoms with E-state index < -0.39 is 0 Å². The molecule has 0 amide bonds. The summed E-state index contributed by atoms with van der Waals surface area (Å²) in [6.45, 7) is 3.16. The van der Waals surface area contributed by atoms with Gasteiger partial charge in [-0.15, -0.1) is 0 Å². The minimum atomic E-state index is 0.686. The van der Waals surface area contributed by atoms with Crippen molar-refractivity contribution in [2.24, 2.45) is 0 Å². The average Bonchev–Trinajstić information content (AvgIpc) is 2.33. The predicted molar refractivity (Wildman–Crippen MR) is 68.0 cm³/mol. The fourth-order valence-corrected chi connectivity index (χ4v) is 2.01. The number of nitrogens with one attached hydrogen (secondary N) is 1. The van der Waals surface area contributed by atoms with Gasteiger partial charge in [0, 0.05) is 24.0 Å². The lowest BCUT2D eigenvalue weighted by molar-refractivity contribution is 0.0670. The molecule has 0 spiro atoms. The highest BCUT2D eigenvalue weighted by molar-refractivity contribution is 9.10. The molecule has 1 aromatic carbocycles. The number of benzene rings is 1. The van der Waals surface area contributed by atoms with Gasteiger partial charge >= 0.3 is 0 Å². The van der Waals surface area contributed by atoms with Crippen molar-refractivity contribution in [3.63, 3.8) is 0 Å². The molecule has 1 N–H and O–H groups in total. The van der Waals surface area contributed by atoms with E-state index in [1.807, 2.05) is 12.1 Å². The fourth-order valence-electron chi connectivity index (χ4n) is 1.74. The first-order valence-electron chi connectivity index (χ1n) is 5.40. The molecule has 0 radical (unpaired) electrons. The minimum absolute atomic E-state index is 0.686. The van der Waals surface area contributed by atoms with Gasteiger partial charge in [0.1, 0.15) is 5.84 Å². The number of hydrogen-bond donors (Lipinski definition) is 1. The lowest BCUT2D eigenvalue weighted by Crippen LogP contribution is -2.41. The summed E-state index contributed by atoms with van der Waals surface area (Å²) in [6, 6.07) is 8.14. The summed E-state index contributed by atoms with van der Waals surface area (Å²) in [5.41, 5.74) is 1.18. The Labute approximate surface area is 104 Å². The van der Waals surface area contributed by atoms with Crippen molar-refractivity contribution in [3.05, 3.63) is 34.3 Å². The van der Waals surface area contributed by atoms with Crippen LogP contribution in [0.4, 0.5) is 0 Å². The molecule has 1 aliphatic rings. The number of ether oxygens (including phenoxy) is 1. The Kier molecular flexibility index (Phi) is 3.96. The lowest BCUT2D eigenvalue weighted by Gasteiger charge is -2.29.